The minimum Gasteiger partial charge on any atom is -0.335 e. The molecule has 22 heavy (non-hydrogen) atoms. The van der Waals surface area contributed by atoms with Gasteiger partial charge in [0.25, 0.3) is 5.91 Å². The van der Waals surface area contributed by atoms with Crippen molar-refractivity contribution in [1.82, 2.24) is 14.7 Å². The zero-order chi connectivity index (χ0) is 15.7. The van der Waals surface area contributed by atoms with E-state index < -0.39 is 0 Å². The zero-order valence-electron chi connectivity index (χ0n) is 13.5. The molecular formula is C18H23N3O. The number of hydrogen-bond donors (Lipinski definition) is 0. The lowest BCUT2D eigenvalue weighted by Crippen LogP contribution is -2.36. The molecular weight excluding hydrogens is 274 g/mol. The molecule has 1 amide bonds. The van der Waals surface area contributed by atoms with E-state index in [-0.39, 0.29) is 5.91 Å². The van der Waals surface area contributed by atoms with Gasteiger partial charge in [-0.25, -0.2) is 4.68 Å². The van der Waals surface area contributed by atoms with Crippen LogP contribution in [0.2, 0.25) is 0 Å². The lowest BCUT2D eigenvalue weighted by molar-refractivity contribution is 0.0721. The summed E-state index contributed by atoms with van der Waals surface area (Å²) < 4.78 is 1.84. The van der Waals surface area contributed by atoms with E-state index in [2.05, 4.69) is 18.9 Å². The van der Waals surface area contributed by atoms with Gasteiger partial charge in [-0.1, -0.05) is 32.0 Å². The summed E-state index contributed by atoms with van der Waals surface area (Å²) in [6.07, 6.45) is 3.97. The molecule has 0 atom stereocenters. The minimum atomic E-state index is 0.121. The van der Waals surface area contributed by atoms with Crippen LogP contribution in [0.5, 0.6) is 0 Å². The van der Waals surface area contributed by atoms with Crippen molar-refractivity contribution in [1.29, 1.82) is 0 Å². The molecule has 1 heterocycles. The maximum absolute atomic E-state index is 12.9. The van der Waals surface area contributed by atoms with Crippen molar-refractivity contribution in [2.24, 2.45) is 5.92 Å². The van der Waals surface area contributed by atoms with Gasteiger partial charge in [-0.2, -0.15) is 5.10 Å². The third kappa shape index (κ3) is 2.91. The SMILES string of the molecule is Cc1c(C(=O)N(CC(C)C)C2CC2)cnn1-c1ccccc1. The first kappa shape index (κ1) is 14.8. The van der Waals surface area contributed by atoms with Crippen LogP contribution in [0.1, 0.15) is 42.7 Å². The van der Waals surface area contributed by atoms with Crippen molar-refractivity contribution in [3.05, 3.63) is 47.8 Å². The molecule has 1 aliphatic rings. The van der Waals surface area contributed by atoms with E-state index >= 15 is 0 Å². The molecule has 0 N–H and O–H groups in total. The lowest BCUT2D eigenvalue weighted by Gasteiger charge is -2.24. The average molecular weight is 297 g/mol. The van der Waals surface area contributed by atoms with Crippen LogP contribution in [-0.4, -0.2) is 33.2 Å². The molecule has 0 spiro atoms. The van der Waals surface area contributed by atoms with E-state index in [1.54, 1.807) is 6.20 Å². The monoisotopic (exact) mass is 297 g/mol. The molecule has 2 aromatic rings. The number of rotatable bonds is 5. The summed E-state index contributed by atoms with van der Waals surface area (Å²) in [5.41, 5.74) is 2.61. The molecule has 1 saturated carbocycles. The second kappa shape index (κ2) is 5.95. The van der Waals surface area contributed by atoms with E-state index in [1.807, 2.05) is 46.8 Å². The van der Waals surface area contributed by atoms with Gasteiger partial charge in [0.2, 0.25) is 0 Å². The lowest BCUT2D eigenvalue weighted by atomic mass is 10.1. The van der Waals surface area contributed by atoms with Crippen molar-refractivity contribution in [2.75, 3.05) is 6.54 Å². The number of para-hydroxylation sites is 1. The number of hydrogen-bond acceptors (Lipinski definition) is 2. The summed E-state index contributed by atoms with van der Waals surface area (Å²) >= 11 is 0. The normalized spacial score (nSPS) is 14.4. The largest absolute Gasteiger partial charge is 0.335 e. The molecule has 0 radical (unpaired) electrons. The van der Waals surface area contributed by atoms with Crippen molar-refractivity contribution >= 4 is 5.91 Å². The molecule has 0 unspecified atom stereocenters. The molecule has 0 bridgehead atoms. The average Bonchev–Trinajstić information content (AvgIpc) is 3.27. The van der Waals surface area contributed by atoms with Gasteiger partial charge in [0.15, 0.2) is 0 Å². The first-order chi connectivity index (χ1) is 10.6. The Bertz CT molecular complexity index is 656. The van der Waals surface area contributed by atoms with Crippen LogP contribution in [0.4, 0.5) is 0 Å². The Labute approximate surface area is 131 Å². The number of benzene rings is 1. The van der Waals surface area contributed by atoms with Crippen LogP contribution in [0.15, 0.2) is 36.5 Å². The molecule has 0 aliphatic heterocycles. The highest BCUT2D eigenvalue weighted by Crippen LogP contribution is 2.29. The predicted octanol–water partition coefficient (Wildman–Crippen LogP) is 3.44. The highest BCUT2D eigenvalue weighted by molar-refractivity contribution is 5.95. The summed E-state index contributed by atoms with van der Waals surface area (Å²) in [5, 5.41) is 4.42. The van der Waals surface area contributed by atoms with Crippen LogP contribution in [0.25, 0.3) is 5.69 Å². The Morgan fingerprint density at radius 2 is 2.00 bits per heavy atom. The minimum absolute atomic E-state index is 0.121. The quantitative estimate of drug-likeness (QED) is 0.848. The second-order valence-corrected chi connectivity index (χ2v) is 6.47. The van der Waals surface area contributed by atoms with Crippen LogP contribution >= 0.6 is 0 Å². The fraction of sp³-hybridized carbons (Fsp3) is 0.444. The fourth-order valence-corrected chi connectivity index (χ4v) is 2.78. The highest BCUT2D eigenvalue weighted by Gasteiger charge is 2.34. The number of amides is 1. The van der Waals surface area contributed by atoms with Gasteiger partial charge in [0.05, 0.1) is 23.1 Å². The van der Waals surface area contributed by atoms with Gasteiger partial charge >= 0.3 is 0 Å². The third-order valence-corrected chi connectivity index (χ3v) is 4.05. The summed E-state index contributed by atoms with van der Waals surface area (Å²) in [6, 6.07) is 10.4. The van der Waals surface area contributed by atoms with Gasteiger partial charge in [-0.15, -0.1) is 0 Å². The van der Waals surface area contributed by atoms with E-state index in [9.17, 15) is 4.79 Å². The molecule has 1 fully saturated rings. The van der Waals surface area contributed by atoms with Gasteiger partial charge in [-0.05, 0) is 37.8 Å². The smallest absolute Gasteiger partial charge is 0.257 e. The Hall–Kier alpha value is -2.10. The van der Waals surface area contributed by atoms with Gasteiger partial charge in [0, 0.05) is 12.6 Å². The van der Waals surface area contributed by atoms with Crippen molar-refractivity contribution in [3.63, 3.8) is 0 Å². The first-order valence-corrected chi connectivity index (χ1v) is 7.99. The molecule has 4 heteroatoms. The molecule has 1 aromatic heterocycles. The Balaban J connectivity index is 1.88. The standard InChI is InChI=1S/C18H23N3O/c1-13(2)12-20(15-9-10-15)18(22)17-11-19-21(14(17)3)16-7-5-4-6-8-16/h4-8,11,13,15H,9-10,12H2,1-3H3. The van der Waals surface area contributed by atoms with Gasteiger partial charge in [-0.3, -0.25) is 4.79 Å². The van der Waals surface area contributed by atoms with E-state index in [0.717, 1.165) is 36.3 Å². The van der Waals surface area contributed by atoms with E-state index in [1.165, 1.54) is 0 Å². The summed E-state index contributed by atoms with van der Waals surface area (Å²) in [7, 11) is 0. The summed E-state index contributed by atoms with van der Waals surface area (Å²) in [5.74, 6) is 0.602. The summed E-state index contributed by atoms with van der Waals surface area (Å²) in [4.78, 5) is 14.9. The van der Waals surface area contributed by atoms with Gasteiger partial charge in [0.1, 0.15) is 0 Å². The molecule has 1 aromatic carbocycles. The topological polar surface area (TPSA) is 38.1 Å². The number of nitrogens with zero attached hydrogens (tertiary/aromatic N) is 3. The van der Waals surface area contributed by atoms with Crippen LogP contribution < -0.4 is 0 Å². The Morgan fingerprint density at radius 1 is 1.32 bits per heavy atom. The van der Waals surface area contributed by atoms with Crippen molar-refractivity contribution < 1.29 is 4.79 Å². The van der Waals surface area contributed by atoms with Gasteiger partial charge < -0.3 is 4.90 Å². The molecule has 0 saturated heterocycles. The number of carbonyl (C=O) groups is 1. The molecule has 3 rings (SSSR count). The maximum atomic E-state index is 12.9. The summed E-state index contributed by atoms with van der Waals surface area (Å²) in [6.45, 7) is 7.10. The van der Waals surface area contributed by atoms with Crippen LogP contribution in [0, 0.1) is 12.8 Å². The third-order valence-electron chi connectivity index (χ3n) is 4.05. The molecule has 1 aliphatic carbocycles. The van der Waals surface area contributed by atoms with Crippen LogP contribution in [-0.2, 0) is 0 Å². The van der Waals surface area contributed by atoms with Crippen molar-refractivity contribution in [3.8, 4) is 5.69 Å². The van der Waals surface area contributed by atoms with E-state index in [4.69, 9.17) is 0 Å². The number of carbonyl (C=O) groups excluding carboxylic acids is 1. The second-order valence-electron chi connectivity index (χ2n) is 6.47. The van der Waals surface area contributed by atoms with Crippen LogP contribution in [0.3, 0.4) is 0 Å². The molecule has 4 nitrogen and oxygen atoms in total. The maximum Gasteiger partial charge on any atom is 0.257 e. The van der Waals surface area contributed by atoms with E-state index in [0.29, 0.717) is 12.0 Å². The van der Waals surface area contributed by atoms with Crippen molar-refractivity contribution in [2.45, 2.75) is 39.7 Å². The highest BCUT2D eigenvalue weighted by atomic mass is 16.2. The molecule has 116 valence electrons. The number of aromatic nitrogens is 2. The Morgan fingerprint density at radius 3 is 2.59 bits per heavy atom. The first-order valence-electron chi connectivity index (χ1n) is 7.99. The predicted molar refractivity (Wildman–Crippen MR) is 87.2 cm³/mol. The Kier molecular flexibility index (Phi) is 4.01. The zero-order valence-corrected chi connectivity index (χ0v) is 13.5. The fourth-order valence-electron chi connectivity index (χ4n) is 2.78.